The Kier molecular flexibility index (Phi) is 5.90. The van der Waals surface area contributed by atoms with Crippen LogP contribution in [-0.2, 0) is 9.30 Å². The molecule has 0 bridgehead atoms. The molecule has 0 amide bonds. The first-order valence-corrected chi connectivity index (χ1v) is 10.1. The molecule has 4 atom stereocenters. The Morgan fingerprint density at radius 2 is 1.93 bits per heavy atom. The summed E-state index contributed by atoms with van der Waals surface area (Å²) in [5, 5.41) is 20.6. The number of hydrogen-bond donors (Lipinski definition) is 5. The van der Waals surface area contributed by atoms with Crippen molar-refractivity contribution in [1.82, 2.24) is 9.55 Å². The summed E-state index contributed by atoms with van der Waals surface area (Å²) in [6.07, 6.45) is -4.99. The number of ether oxygens (including phenoxy) is 2. The molecule has 156 valence electrons. The monoisotopic (exact) mass is 426 g/mol. The van der Waals surface area contributed by atoms with Gasteiger partial charge in [0.2, 0.25) is 0 Å². The third-order valence-electron chi connectivity index (χ3n) is 4.34. The lowest BCUT2D eigenvalue weighted by Crippen LogP contribution is -2.38. The first-order valence-electron chi connectivity index (χ1n) is 8.37. The van der Waals surface area contributed by atoms with Crippen molar-refractivity contribution in [3.63, 3.8) is 0 Å². The van der Waals surface area contributed by atoms with Gasteiger partial charge in [-0.25, -0.2) is 4.79 Å². The SMILES string of the molecule is COc1cccc(-c2cc(=O)[nH]c(=O)n2[C@@H]2O[C@H](/C=C/P(=O)(O)O)[C@@H](O)[C@H]2O)c1. The summed E-state index contributed by atoms with van der Waals surface area (Å²) in [5.74, 6) is 0.992. The maximum atomic E-state index is 12.5. The van der Waals surface area contributed by atoms with E-state index in [1.54, 1.807) is 24.3 Å². The zero-order chi connectivity index (χ0) is 21.3. The molecule has 1 fully saturated rings. The lowest BCUT2D eigenvalue weighted by atomic mass is 10.1. The molecule has 5 N–H and O–H groups in total. The topological polar surface area (TPSA) is 171 Å². The number of nitrogens with zero attached hydrogens (tertiary/aromatic N) is 1. The third-order valence-corrected chi connectivity index (χ3v) is 4.90. The van der Waals surface area contributed by atoms with Crippen LogP contribution in [-0.4, -0.2) is 55.0 Å². The number of aromatic nitrogens is 2. The van der Waals surface area contributed by atoms with Crippen molar-refractivity contribution in [2.24, 2.45) is 0 Å². The first-order chi connectivity index (χ1) is 13.6. The molecule has 11 nitrogen and oxygen atoms in total. The van der Waals surface area contributed by atoms with E-state index in [-0.39, 0.29) is 5.69 Å². The molecule has 2 heterocycles. The quantitative estimate of drug-likeness (QED) is 0.396. The van der Waals surface area contributed by atoms with Gasteiger partial charge in [0, 0.05) is 17.4 Å². The second kappa shape index (κ2) is 8.07. The highest BCUT2D eigenvalue weighted by Crippen LogP contribution is 2.38. The summed E-state index contributed by atoms with van der Waals surface area (Å²) in [6.45, 7) is 0. The van der Waals surface area contributed by atoms with Gasteiger partial charge in [-0.3, -0.25) is 18.9 Å². The van der Waals surface area contributed by atoms with E-state index in [4.69, 9.17) is 19.3 Å². The maximum Gasteiger partial charge on any atom is 0.348 e. The molecule has 0 saturated carbocycles. The fourth-order valence-electron chi connectivity index (χ4n) is 3.02. The molecule has 0 aliphatic carbocycles. The van der Waals surface area contributed by atoms with Gasteiger partial charge in [-0.05, 0) is 18.2 Å². The number of aliphatic hydroxyl groups is 2. The minimum atomic E-state index is -4.52. The highest BCUT2D eigenvalue weighted by molar-refractivity contribution is 7.55. The highest BCUT2D eigenvalue weighted by atomic mass is 31.2. The first kappa shape index (κ1) is 21.2. The molecule has 1 saturated heterocycles. The van der Waals surface area contributed by atoms with Crippen LogP contribution in [0.15, 0.2) is 51.8 Å². The predicted molar refractivity (Wildman–Crippen MR) is 100 cm³/mol. The van der Waals surface area contributed by atoms with Gasteiger partial charge >= 0.3 is 13.3 Å². The average Bonchev–Trinajstić information content (AvgIpc) is 2.93. The molecular formula is C17H19N2O9P. The van der Waals surface area contributed by atoms with Gasteiger partial charge < -0.3 is 29.5 Å². The van der Waals surface area contributed by atoms with Gasteiger partial charge in [0.25, 0.3) is 5.56 Å². The number of benzene rings is 1. The normalized spacial score (nSPS) is 24.9. The maximum absolute atomic E-state index is 12.5. The number of rotatable bonds is 5. The van der Waals surface area contributed by atoms with E-state index in [0.717, 1.165) is 16.7 Å². The molecule has 1 aromatic heterocycles. The van der Waals surface area contributed by atoms with Crippen molar-refractivity contribution >= 4 is 7.60 Å². The molecule has 1 aromatic carbocycles. The molecule has 2 aromatic rings. The Labute approximate surface area is 163 Å². The molecule has 1 aliphatic rings. The molecule has 1 aliphatic heterocycles. The zero-order valence-electron chi connectivity index (χ0n) is 15.1. The lowest BCUT2D eigenvalue weighted by Gasteiger charge is -2.21. The molecule has 3 rings (SSSR count). The fraction of sp³-hybridized carbons (Fsp3) is 0.294. The van der Waals surface area contributed by atoms with Gasteiger partial charge in [-0.2, -0.15) is 0 Å². The summed E-state index contributed by atoms with van der Waals surface area (Å²) < 4.78 is 22.6. The van der Waals surface area contributed by atoms with E-state index in [1.165, 1.54) is 7.11 Å². The van der Waals surface area contributed by atoms with Crippen LogP contribution in [0.2, 0.25) is 0 Å². The van der Waals surface area contributed by atoms with Gasteiger partial charge in [0.05, 0.1) is 12.8 Å². The smallest absolute Gasteiger partial charge is 0.348 e. The van der Waals surface area contributed by atoms with Crippen molar-refractivity contribution in [3.8, 4) is 17.0 Å². The van der Waals surface area contributed by atoms with Crippen molar-refractivity contribution in [2.75, 3.05) is 7.11 Å². The van der Waals surface area contributed by atoms with Gasteiger partial charge in [-0.15, -0.1) is 0 Å². The van der Waals surface area contributed by atoms with E-state index < -0.39 is 43.4 Å². The second-order valence-corrected chi connectivity index (χ2v) is 7.81. The van der Waals surface area contributed by atoms with Crippen LogP contribution in [0.1, 0.15) is 6.23 Å². The van der Waals surface area contributed by atoms with Crippen LogP contribution in [0.25, 0.3) is 11.3 Å². The van der Waals surface area contributed by atoms with Crippen LogP contribution >= 0.6 is 7.60 Å². The summed E-state index contributed by atoms with van der Waals surface area (Å²) in [4.78, 5) is 44.4. The summed E-state index contributed by atoms with van der Waals surface area (Å²) in [7, 11) is -3.08. The van der Waals surface area contributed by atoms with Crippen molar-refractivity contribution < 1.29 is 34.0 Å². The van der Waals surface area contributed by atoms with Crippen molar-refractivity contribution in [2.45, 2.75) is 24.5 Å². The van der Waals surface area contributed by atoms with Crippen LogP contribution in [0, 0.1) is 0 Å². The van der Waals surface area contributed by atoms with Gasteiger partial charge in [0.15, 0.2) is 6.23 Å². The zero-order valence-corrected chi connectivity index (χ0v) is 16.0. The number of nitrogens with one attached hydrogen (secondary N) is 1. The standard InChI is InChI=1S/C17H19N2O9P/c1-27-10-4-2-3-9(7-10)11-8-13(20)18-17(23)19(11)16-15(22)14(21)12(28-16)5-6-29(24,25)26/h2-8,12,14-16,21-22H,1H3,(H,18,20,23)(H2,24,25,26)/b6-5+/t12-,14-,15-,16-/m1/s1. The number of H-pyrrole nitrogens is 1. The minimum Gasteiger partial charge on any atom is -0.497 e. The predicted octanol–water partition coefficient (Wildman–Crippen LogP) is -0.477. The van der Waals surface area contributed by atoms with E-state index in [1.807, 2.05) is 0 Å². The lowest BCUT2D eigenvalue weighted by molar-refractivity contribution is -0.0285. The Hall–Kier alpha value is -2.53. The molecule has 12 heteroatoms. The van der Waals surface area contributed by atoms with Crippen LogP contribution in [0.3, 0.4) is 0 Å². The summed E-state index contributed by atoms with van der Waals surface area (Å²) in [5.41, 5.74) is -1.08. The van der Waals surface area contributed by atoms with Crippen LogP contribution < -0.4 is 16.0 Å². The number of aliphatic hydroxyl groups excluding tert-OH is 2. The number of aromatic amines is 1. The van der Waals surface area contributed by atoms with Crippen molar-refractivity contribution in [3.05, 3.63) is 63.1 Å². The Morgan fingerprint density at radius 3 is 2.59 bits per heavy atom. The van der Waals surface area contributed by atoms with E-state index in [2.05, 4.69) is 4.98 Å². The molecule has 0 spiro atoms. The summed E-state index contributed by atoms with van der Waals surface area (Å²) in [6, 6.07) is 7.59. The Balaban J connectivity index is 2.09. The van der Waals surface area contributed by atoms with E-state index in [9.17, 15) is 24.4 Å². The minimum absolute atomic E-state index is 0.0912. The van der Waals surface area contributed by atoms with Crippen molar-refractivity contribution in [1.29, 1.82) is 0 Å². The molecule has 0 radical (unpaired) electrons. The van der Waals surface area contributed by atoms with E-state index >= 15 is 0 Å². The number of hydrogen-bond acceptors (Lipinski definition) is 7. The summed E-state index contributed by atoms with van der Waals surface area (Å²) >= 11 is 0. The second-order valence-electron chi connectivity index (χ2n) is 6.33. The average molecular weight is 426 g/mol. The molecule has 29 heavy (non-hydrogen) atoms. The van der Waals surface area contributed by atoms with Crippen LogP contribution in [0.5, 0.6) is 5.75 Å². The molecule has 0 unspecified atom stereocenters. The van der Waals surface area contributed by atoms with Gasteiger partial charge in [0.1, 0.15) is 24.1 Å². The van der Waals surface area contributed by atoms with E-state index in [0.29, 0.717) is 17.1 Å². The van der Waals surface area contributed by atoms with Crippen LogP contribution in [0.4, 0.5) is 0 Å². The molecular weight excluding hydrogens is 407 g/mol. The fourth-order valence-corrected chi connectivity index (χ4v) is 3.41. The van der Waals surface area contributed by atoms with Gasteiger partial charge in [-0.1, -0.05) is 12.1 Å². The Bertz CT molecular complexity index is 1090. The highest BCUT2D eigenvalue weighted by Gasteiger charge is 2.44. The number of methoxy groups -OCH3 is 1. The third kappa shape index (κ3) is 4.56. The Morgan fingerprint density at radius 1 is 1.21 bits per heavy atom. The largest absolute Gasteiger partial charge is 0.497 e.